The number of aromatic amines is 1. The quantitative estimate of drug-likeness (QED) is 0.618. The lowest BCUT2D eigenvalue weighted by atomic mass is 10.1. The Bertz CT molecular complexity index is 237. The molecular weight excluding hydrogens is 126 g/mol. The summed E-state index contributed by atoms with van der Waals surface area (Å²) in [6, 6.07) is 0. The lowest BCUT2D eigenvalue weighted by Crippen LogP contribution is -1.87. The van der Waals surface area contributed by atoms with Gasteiger partial charge in [-0.2, -0.15) is 0 Å². The van der Waals surface area contributed by atoms with Crippen molar-refractivity contribution in [2.75, 3.05) is 0 Å². The van der Waals surface area contributed by atoms with Crippen LogP contribution in [0.15, 0.2) is 6.20 Å². The van der Waals surface area contributed by atoms with Gasteiger partial charge in [-0.15, -0.1) is 0 Å². The third kappa shape index (κ3) is 0.967. The molecule has 1 aromatic rings. The summed E-state index contributed by atoms with van der Waals surface area (Å²) in [5, 5.41) is 0. The minimum atomic E-state index is 0.722. The average molecular weight is 137 g/mol. The molecule has 0 saturated carbocycles. The molecule has 0 aliphatic carbocycles. The summed E-state index contributed by atoms with van der Waals surface area (Å²) in [7, 11) is 0. The fraction of sp³-hybridized carbons (Fsp3) is 0.375. The minimum Gasteiger partial charge on any atom is -0.359 e. The minimum absolute atomic E-state index is 0.722. The number of H-pyrrole nitrogens is 1. The molecule has 1 aromatic heterocycles. The number of hydrogen-bond donors (Lipinski definition) is 1. The third-order valence-electron chi connectivity index (χ3n) is 1.72. The van der Waals surface area contributed by atoms with Crippen LogP contribution >= 0.6 is 0 Å². The van der Waals surface area contributed by atoms with E-state index < -0.39 is 0 Å². The second-order valence-electron chi connectivity index (χ2n) is 2.34. The first kappa shape index (κ1) is 7.06. The maximum Gasteiger partial charge on any atom is 0.166 e. The van der Waals surface area contributed by atoms with Crippen LogP contribution in [0.1, 0.15) is 28.5 Å². The van der Waals surface area contributed by atoms with Gasteiger partial charge < -0.3 is 4.98 Å². The van der Waals surface area contributed by atoms with Crippen molar-refractivity contribution in [1.29, 1.82) is 0 Å². The van der Waals surface area contributed by atoms with E-state index in [-0.39, 0.29) is 0 Å². The zero-order valence-electron chi connectivity index (χ0n) is 6.27. The molecule has 1 rings (SSSR count). The van der Waals surface area contributed by atoms with Crippen molar-refractivity contribution in [3.8, 4) is 0 Å². The van der Waals surface area contributed by atoms with E-state index in [1.165, 1.54) is 5.56 Å². The Balaban J connectivity index is 3.12. The number of carbonyl (C=O) groups excluding carboxylic acids is 1. The molecular formula is C8H11NO. The third-order valence-corrected chi connectivity index (χ3v) is 1.72. The Hall–Kier alpha value is -1.05. The van der Waals surface area contributed by atoms with Crippen LogP contribution in [-0.4, -0.2) is 11.3 Å². The Labute approximate surface area is 60.3 Å². The van der Waals surface area contributed by atoms with Crippen molar-refractivity contribution < 1.29 is 4.79 Å². The lowest BCUT2D eigenvalue weighted by Gasteiger charge is -1.92. The first-order valence-electron chi connectivity index (χ1n) is 3.41. The first-order chi connectivity index (χ1) is 4.79. The zero-order chi connectivity index (χ0) is 7.56. The van der Waals surface area contributed by atoms with Gasteiger partial charge in [-0.25, -0.2) is 0 Å². The van der Waals surface area contributed by atoms with Crippen LogP contribution in [0, 0.1) is 6.92 Å². The van der Waals surface area contributed by atoms with Crippen LogP contribution in [0.25, 0.3) is 0 Å². The van der Waals surface area contributed by atoms with Gasteiger partial charge in [-0.3, -0.25) is 4.79 Å². The molecule has 0 unspecified atom stereocenters. The molecule has 0 aromatic carbocycles. The van der Waals surface area contributed by atoms with E-state index in [1.807, 2.05) is 20.0 Å². The second-order valence-corrected chi connectivity index (χ2v) is 2.34. The lowest BCUT2D eigenvalue weighted by molar-refractivity contribution is 0.111. The van der Waals surface area contributed by atoms with E-state index in [0.29, 0.717) is 0 Å². The highest BCUT2D eigenvalue weighted by Crippen LogP contribution is 2.11. The van der Waals surface area contributed by atoms with Gasteiger partial charge in [0.15, 0.2) is 6.29 Å². The zero-order valence-corrected chi connectivity index (χ0v) is 6.27. The number of hydrogen-bond acceptors (Lipinski definition) is 1. The first-order valence-corrected chi connectivity index (χ1v) is 3.41. The van der Waals surface area contributed by atoms with E-state index in [4.69, 9.17) is 0 Å². The molecule has 0 bridgehead atoms. The van der Waals surface area contributed by atoms with Crippen LogP contribution in [0.5, 0.6) is 0 Å². The fourth-order valence-electron chi connectivity index (χ4n) is 1.15. The summed E-state index contributed by atoms with van der Waals surface area (Å²) in [6.45, 7) is 4.05. The van der Waals surface area contributed by atoms with E-state index in [0.717, 1.165) is 24.0 Å². The van der Waals surface area contributed by atoms with E-state index in [1.54, 1.807) is 0 Å². The fourth-order valence-corrected chi connectivity index (χ4v) is 1.15. The Morgan fingerprint density at radius 1 is 1.70 bits per heavy atom. The van der Waals surface area contributed by atoms with Gasteiger partial charge >= 0.3 is 0 Å². The largest absolute Gasteiger partial charge is 0.359 e. The van der Waals surface area contributed by atoms with Gasteiger partial charge in [-0.05, 0) is 24.5 Å². The van der Waals surface area contributed by atoms with Crippen LogP contribution in [0.4, 0.5) is 0 Å². The molecule has 0 atom stereocenters. The summed E-state index contributed by atoms with van der Waals surface area (Å²) in [6.07, 6.45) is 3.65. The molecule has 10 heavy (non-hydrogen) atoms. The molecule has 1 heterocycles. The van der Waals surface area contributed by atoms with E-state index in [2.05, 4.69) is 4.98 Å². The molecule has 0 fully saturated rings. The maximum absolute atomic E-state index is 10.4. The van der Waals surface area contributed by atoms with Gasteiger partial charge in [0.2, 0.25) is 0 Å². The highest BCUT2D eigenvalue weighted by Gasteiger charge is 2.03. The molecule has 1 N–H and O–H groups in total. The van der Waals surface area contributed by atoms with Gasteiger partial charge in [0.05, 0.1) is 5.69 Å². The van der Waals surface area contributed by atoms with E-state index in [9.17, 15) is 4.79 Å². The molecule has 54 valence electrons. The van der Waals surface area contributed by atoms with Gasteiger partial charge in [0.1, 0.15) is 0 Å². The number of aldehydes is 1. The molecule has 0 aliphatic rings. The molecule has 2 heteroatoms. The summed E-state index contributed by atoms with van der Waals surface area (Å²) in [5.74, 6) is 0. The van der Waals surface area contributed by atoms with Crippen LogP contribution in [0.3, 0.4) is 0 Å². The predicted molar refractivity (Wildman–Crippen MR) is 40.3 cm³/mol. The molecule has 0 spiro atoms. The van der Waals surface area contributed by atoms with Crippen molar-refractivity contribution in [2.24, 2.45) is 0 Å². The number of carbonyl (C=O) groups is 1. The molecule has 0 radical (unpaired) electrons. The van der Waals surface area contributed by atoms with E-state index >= 15 is 0 Å². The van der Waals surface area contributed by atoms with Gasteiger partial charge in [-0.1, -0.05) is 6.92 Å². The maximum atomic E-state index is 10.4. The highest BCUT2D eigenvalue weighted by atomic mass is 16.1. The summed E-state index contributed by atoms with van der Waals surface area (Å²) >= 11 is 0. The SMILES string of the molecule is CCc1c(C)c[nH]c1C=O. The Kier molecular flexibility index (Phi) is 1.90. The van der Waals surface area contributed by atoms with Crippen molar-refractivity contribution in [2.45, 2.75) is 20.3 Å². The summed E-state index contributed by atoms with van der Waals surface area (Å²) in [4.78, 5) is 13.3. The molecule has 0 amide bonds. The van der Waals surface area contributed by atoms with Crippen LogP contribution in [0.2, 0.25) is 0 Å². The molecule has 0 aliphatic heterocycles. The summed E-state index contributed by atoms with van der Waals surface area (Å²) < 4.78 is 0. The average Bonchev–Trinajstić information content (AvgIpc) is 2.30. The van der Waals surface area contributed by atoms with Crippen LogP contribution in [-0.2, 0) is 6.42 Å². The van der Waals surface area contributed by atoms with Crippen molar-refractivity contribution in [3.63, 3.8) is 0 Å². The topological polar surface area (TPSA) is 32.9 Å². The van der Waals surface area contributed by atoms with Crippen molar-refractivity contribution in [3.05, 3.63) is 23.0 Å². The smallest absolute Gasteiger partial charge is 0.166 e. The van der Waals surface area contributed by atoms with Gasteiger partial charge in [0.25, 0.3) is 0 Å². The second kappa shape index (κ2) is 2.69. The number of aromatic nitrogens is 1. The van der Waals surface area contributed by atoms with Gasteiger partial charge in [0, 0.05) is 6.20 Å². The number of nitrogens with one attached hydrogen (secondary N) is 1. The normalized spacial score (nSPS) is 9.80. The standard InChI is InChI=1S/C8H11NO/c1-3-7-6(2)4-9-8(7)5-10/h4-5,9H,3H2,1-2H3. The van der Waals surface area contributed by atoms with Crippen LogP contribution < -0.4 is 0 Å². The molecule has 2 nitrogen and oxygen atoms in total. The summed E-state index contributed by atoms with van der Waals surface area (Å²) in [5.41, 5.74) is 3.03. The predicted octanol–water partition coefficient (Wildman–Crippen LogP) is 1.70. The monoisotopic (exact) mass is 137 g/mol. The Morgan fingerprint density at radius 2 is 2.40 bits per heavy atom. The van der Waals surface area contributed by atoms with Crippen molar-refractivity contribution in [1.82, 2.24) is 4.98 Å². The Morgan fingerprint density at radius 3 is 2.80 bits per heavy atom. The van der Waals surface area contributed by atoms with Crippen molar-refractivity contribution >= 4 is 6.29 Å². The number of aryl methyl sites for hydroxylation is 1. The number of rotatable bonds is 2. The highest BCUT2D eigenvalue weighted by molar-refractivity contribution is 5.75. The molecule has 0 saturated heterocycles.